The summed E-state index contributed by atoms with van der Waals surface area (Å²) in [6, 6.07) is 1.39. The minimum atomic E-state index is -0.662. The van der Waals surface area contributed by atoms with E-state index in [1.165, 1.54) is 13.2 Å². The maximum atomic E-state index is 12.3. The van der Waals surface area contributed by atoms with Crippen LogP contribution in [0.2, 0.25) is 0 Å². The number of aryl methyl sites for hydroxylation is 1. The highest BCUT2D eigenvalue weighted by atomic mass is 16.5. The fourth-order valence-electron chi connectivity index (χ4n) is 2.36. The smallest absolute Gasteiger partial charge is 0.340 e. The Labute approximate surface area is 134 Å². The van der Waals surface area contributed by atoms with E-state index in [-0.39, 0.29) is 35.1 Å². The number of nitrogens with zero attached hydrogens (tertiary/aromatic N) is 3. The Morgan fingerprint density at radius 2 is 2.17 bits per heavy atom. The number of methoxy groups -OCH3 is 1. The summed E-state index contributed by atoms with van der Waals surface area (Å²) in [6.07, 6.45) is 0.613. The SMILES string of the molecule is COC(=O)c1cc(C=O)c(C)nc1C1=NC(C)(C(C)C)CN1[O-]. The van der Waals surface area contributed by atoms with Crippen LogP contribution < -0.4 is 0 Å². The van der Waals surface area contributed by atoms with Crippen molar-refractivity contribution in [1.29, 1.82) is 0 Å². The number of aliphatic imine (C=N–C) groups is 1. The number of carbonyl (C=O) groups is 2. The number of hydrogen-bond donors (Lipinski definition) is 0. The third-order valence-electron chi connectivity index (χ3n) is 4.30. The van der Waals surface area contributed by atoms with Crippen LogP contribution >= 0.6 is 0 Å². The van der Waals surface area contributed by atoms with Crippen LogP contribution in [0.15, 0.2) is 11.1 Å². The van der Waals surface area contributed by atoms with E-state index in [0.29, 0.717) is 12.0 Å². The van der Waals surface area contributed by atoms with E-state index in [4.69, 9.17) is 4.74 Å². The molecule has 1 aliphatic rings. The van der Waals surface area contributed by atoms with Crippen LogP contribution in [0.3, 0.4) is 0 Å². The molecule has 0 spiro atoms. The molecule has 0 fully saturated rings. The predicted molar refractivity (Wildman–Crippen MR) is 85.6 cm³/mol. The summed E-state index contributed by atoms with van der Waals surface area (Å²) < 4.78 is 4.74. The topological polar surface area (TPSA) is 94.9 Å². The molecule has 124 valence electrons. The molecule has 1 unspecified atom stereocenters. The molecule has 0 aromatic carbocycles. The molecule has 0 radical (unpaired) electrons. The number of carbonyl (C=O) groups excluding carboxylic acids is 2. The monoisotopic (exact) mass is 318 g/mol. The lowest BCUT2D eigenvalue weighted by molar-refractivity contribution is 0.0600. The van der Waals surface area contributed by atoms with Gasteiger partial charge in [-0.2, -0.15) is 0 Å². The van der Waals surface area contributed by atoms with Gasteiger partial charge < -0.3 is 15.0 Å². The zero-order valence-corrected chi connectivity index (χ0v) is 13.9. The summed E-state index contributed by atoms with van der Waals surface area (Å²) in [5, 5.41) is 13.1. The van der Waals surface area contributed by atoms with Gasteiger partial charge in [0.2, 0.25) is 0 Å². The molecule has 23 heavy (non-hydrogen) atoms. The van der Waals surface area contributed by atoms with Crippen LogP contribution in [0.1, 0.15) is 52.9 Å². The van der Waals surface area contributed by atoms with Gasteiger partial charge in [-0.05, 0) is 25.8 Å². The number of aldehydes is 1. The molecule has 0 saturated heterocycles. The quantitative estimate of drug-likeness (QED) is 0.622. The molecule has 2 rings (SSSR count). The summed E-state index contributed by atoms with van der Waals surface area (Å²) in [6.45, 7) is 7.68. The Kier molecular flexibility index (Phi) is 4.51. The first-order valence-electron chi connectivity index (χ1n) is 7.33. The fraction of sp³-hybridized carbons (Fsp3) is 0.500. The highest BCUT2D eigenvalue weighted by molar-refractivity contribution is 6.08. The lowest BCUT2D eigenvalue weighted by atomic mass is 9.90. The van der Waals surface area contributed by atoms with E-state index in [9.17, 15) is 14.8 Å². The van der Waals surface area contributed by atoms with Crippen molar-refractivity contribution >= 4 is 18.1 Å². The first-order valence-corrected chi connectivity index (χ1v) is 7.33. The number of ether oxygens (including phenoxy) is 1. The van der Waals surface area contributed by atoms with Crippen LogP contribution in [0.5, 0.6) is 0 Å². The lowest BCUT2D eigenvalue weighted by Gasteiger charge is -2.31. The normalized spacial score (nSPS) is 20.7. The Balaban J connectivity index is 2.65. The zero-order valence-electron chi connectivity index (χ0n) is 13.9. The molecule has 0 aliphatic carbocycles. The van der Waals surface area contributed by atoms with Crippen LogP contribution in [0.25, 0.3) is 0 Å². The third kappa shape index (κ3) is 2.96. The van der Waals surface area contributed by atoms with Gasteiger partial charge in [-0.3, -0.25) is 9.79 Å². The molecular formula is C16H20N3O4-. The number of rotatable bonds is 4. The highest BCUT2D eigenvalue weighted by Gasteiger charge is 2.36. The molecule has 7 heteroatoms. The van der Waals surface area contributed by atoms with Gasteiger partial charge in [0.15, 0.2) is 6.29 Å². The van der Waals surface area contributed by atoms with Crippen molar-refractivity contribution in [3.8, 4) is 0 Å². The summed E-state index contributed by atoms with van der Waals surface area (Å²) in [7, 11) is 1.23. The van der Waals surface area contributed by atoms with Gasteiger partial charge in [0.05, 0.1) is 18.2 Å². The van der Waals surface area contributed by atoms with Crippen LogP contribution in [0.4, 0.5) is 0 Å². The fourth-order valence-corrected chi connectivity index (χ4v) is 2.36. The molecule has 0 N–H and O–H groups in total. The molecule has 0 amide bonds. The van der Waals surface area contributed by atoms with Gasteiger partial charge in [-0.25, -0.2) is 9.78 Å². The number of aromatic nitrogens is 1. The van der Waals surface area contributed by atoms with E-state index in [1.54, 1.807) is 6.92 Å². The van der Waals surface area contributed by atoms with Gasteiger partial charge in [0, 0.05) is 17.8 Å². The van der Waals surface area contributed by atoms with Crippen LogP contribution in [0, 0.1) is 18.0 Å². The average molecular weight is 318 g/mol. The molecule has 1 atom stereocenters. The summed E-state index contributed by atoms with van der Waals surface area (Å²) in [5.74, 6) is -0.416. The van der Waals surface area contributed by atoms with E-state index in [0.717, 1.165) is 5.06 Å². The molecule has 0 saturated carbocycles. The predicted octanol–water partition coefficient (Wildman–Crippen LogP) is 1.96. The molecular weight excluding hydrogens is 298 g/mol. The number of hydrogen-bond acceptors (Lipinski definition) is 7. The molecule has 1 aromatic heterocycles. The number of pyridine rings is 1. The van der Waals surface area contributed by atoms with Gasteiger partial charge in [-0.1, -0.05) is 13.8 Å². The minimum Gasteiger partial charge on any atom is -0.757 e. The van der Waals surface area contributed by atoms with E-state index < -0.39 is 11.5 Å². The van der Waals surface area contributed by atoms with Crippen molar-refractivity contribution in [3.63, 3.8) is 0 Å². The first-order chi connectivity index (χ1) is 10.7. The maximum absolute atomic E-state index is 12.3. The summed E-state index contributed by atoms with van der Waals surface area (Å²) in [4.78, 5) is 31.9. The lowest BCUT2D eigenvalue weighted by Crippen LogP contribution is -2.35. The molecule has 1 aliphatic heterocycles. The van der Waals surface area contributed by atoms with Crippen molar-refractivity contribution in [1.82, 2.24) is 10.0 Å². The van der Waals surface area contributed by atoms with Crippen molar-refractivity contribution in [2.45, 2.75) is 33.2 Å². The Hall–Kier alpha value is -2.28. The standard InChI is InChI=1S/C16H20N3O4/c1-9(2)16(4)8-19(22)14(18-16)13-12(15(21)23-5)6-11(7-20)10(3)17-13/h6-7,9H,8H2,1-5H3/q-1. The molecule has 1 aromatic rings. The van der Waals surface area contributed by atoms with Gasteiger partial charge in [0.1, 0.15) is 11.5 Å². The number of amidine groups is 1. The molecule has 2 heterocycles. The zero-order chi connectivity index (χ0) is 17.4. The summed E-state index contributed by atoms with van der Waals surface area (Å²) >= 11 is 0. The second-order valence-corrected chi connectivity index (χ2v) is 6.15. The number of hydroxylamine groups is 2. The van der Waals surface area contributed by atoms with Gasteiger partial charge >= 0.3 is 5.97 Å². The molecule has 0 bridgehead atoms. The minimum absolute atomic E-state index is 0.0628. The number of esters is 1. The van der Waals surface area contributed by atoms with Crippen LogP contribution in [-0.4, -0.2) is 47.3 Å². The molecule has 7 nitrogen and oxygen atoms in total. The van der Waals surface area contributed by atoms with Gasteiger partial charge in [-0.15, -0.1) is 0 Å². The Morgan fingerprint density at radius 3 is 2.65 bits per heavy atom. The second-order valence-electron chi connectivity index (χ2n) is 6.15. The van der Waals surface area contributed by atoms with E-state index >= 15 is 0 Å². The van der Waals surface area contributed by atoms with Crippen LogP contribution in [-0.2, 0) is 4.74 Å². The van der Waals surface area contributed by atoms with E-state index in [2.05, 4.69) is 9.98 Å². The van der Waals surface area contributed by atoms with E-state index in [1.807, 2.05) is 20.8 Å². The summed E-state index contributed by atoms with van der Waals surface area (Å²) in [5.41, 5.74) is 0.365. The highest BCUT2D eigenvalue weighted by Crippen LogP contribution is 2.30. The largest absolute Gasteiger partial charge is 0.757 e. The Morgan fingerprint density at radius 1 is 1.52 bits per heavy atom. The maximum Gasteiger partial charge on any atom is 0.340 e. The first kappa shape index (κ1) is 17.1. The van der Waals surface area contributed by atoms with Crippen molar-refractivity contribution in [2.75, 3.05) is 13.7 Å². The average Bonchev–Trinajstić information content (AvgIpc) is 2.82. The Bertz CT molecular complexity index is 684. The van der Waals surface area contributed by atoms with Crippen molar-refractivity contribution < 1.29 is 14.3 Å². The van der Waals surface area contributed by atoms with Crippen molar-refractivity contribution in [2.24, 2.45) is 10.9 Å². The third-order valence-corrected chi connectivity index (χ3v) is 4.30. The second kappa shape index (κ2) is 6.08. The van der Waals surface area contributed by atoms with Crippen molar-refractivity contribution in [3.05, 3.63) is 33.8 Å². The van der Waals surface area contributed by atoms with Gasteiger partial charge in [0.25, 0.3) is 0 Å².